The Labute approximate surface area is 103 Å². The van der Waals surface area contributed by atoms with Gasteiger partial charge in [0, 0.05) is 20.3 Å². The smallest absolute Gasteiger partial charge is 0.236 e. The molecule has 96 valence electrons. The summed E-state index contributed by atoms with van der Waals surface area (Å²) >= 11 is 1.71. The van der Waals surface area contributed by atoms with Crippen LogP contribution in [-0.4, -0.2) is 44.2 Å². The van der Waals surface area contributed by atoms with Gasteiger partial charge in [0.25, 0.3) is 0 Å². The molecule has 0 unspecified atom stereocenters. The lowest BCUT2D eigenvalue weighted by molar-refractivity contribution is -0.122. The van der Waals surface area contributed by atoms with E-state index >= 15 is 0 Å². The standard InChI is InChI=1S/C11H24N2O2S/c1-15-8-5-3-4-7-13-11(14)10(12)6-9-16-2/h10H,3-9,12H2,1-2H3,(H,13,14)/t10-/m0/s1. The second-order valence-corrected chi connectivity index (χ2v) is 4.72. The predicted octanol–water partition coefficient (Wildman–Crippen LogP) is 1.000. The number of amides is 1. The third kappa shape index (κ3) is 9.00. The number of methoxy groups -OCH3 is 1. The number of thioether (sulfide) groups is 1. The minimum atomic E-state index is -0.355. The molecule has 5 heteroatoms. The highest BCUT2D eigenvalue weighted by molar-refractivity contribution is 7.98. The molecule has 3 N–H and O–H groups in total. The van der Waals surface area contributed by atoms with Crippen LogP contribution in [0.1, 0.15) is 25.7 Å². The van der Waals surface area contributed by atoms with Crippen molar-refractivity contribution in [3.63, 3.8) is 0 Å². The van der Waals surface area contributed by atoms with Crippen LogP contribution >= 0.6 is 11.8 Å². The summed E-state index contributed by atoms with van der Waals surface area (Å²) in [5, 5.41) is 2.85. The van der Waals surface area contributed by atoms with E-state index in [-0.39, 0.29) is 11.9 Å². The van der Waals surface area contributed by atoms with Crippen LogP contribution < -0.4 is 11.1 Å². The second-order valence-electron chi connectivity index (χ2n) is 3.73. The Hall–Kier alpha value is -0.260. The Morgan fingerprint density at radius 1 is 1.44 bits per heavy atom. The number of carbonyl (C=O) groups excluding carboxylic acids is 1. The number of nitrogens with one attached hydrogen (secondary N) is 1. The normalized spacial score (nSPS) is 12.4. The van der Waals surface area contributed by atoms with Gasteiger partial charge >= 0.3 is 0 Å². The highest BCUT2D eigenvalue weighted by Crippen LogP contribution is 1.99. The molecule has 0 aliphatic carbocycles. The third-order valence-electron chi connectivity index (χ3n) is 2.29. The maximum absolute atomic E-state index is 11.5. The van der Waals surface area contributed by atoms with E-state index in [0.717, 1.165) is 44.6 Å². The van der Waals surface area contributed by atoms with Crippen molar-refractivity contribution in [1.82, 2.24) is 5.32 Å². The molecule has 0 aromatic heterocycles. The van der Waals surface area contributed by atoms with E-state index in [1.807, 2.05) is 6.26 Å². The zero-order valence-corrected chi connectivity index (χ0v) is 11.1. The van der Waals surface area contributed by atoms with E-state index in [1.54, 1.807) is 18.9 Å². The van der Waals surface area contributed by atoms with Crippen molar-refractivity contribution in [3.05, 3.63) is 0 Å². The number of unbranched alkanes of at least 4 members (excludes halogenated alkanes) is 2. The first-order chi connectivity index (χ1) is 7.72. The molecule has 0 aromatic rings. The maximum atomic E-state index is 11.5. The fourth-order valence-corrected chi connectivity index (χ4v) is 1.76. The molecular weight excluding hydrogens is 224 g/mol. The van der Waals surface area contributed by atoms with Crippen LogP contribution in [0.15, 0.2) is 0 Å². The fourth-order valence-electron chi connectivity index (χ4n) is 1.27. The molecule has 4 nitrogen and oxygen atoms in total. The summed E-state index contributed by atoms with van der Waals surface area (Å²) in [5.41, 5.74) is 5.72. The van der Waals surface area contributed by atoms with Crippen molar-refractivity contribution in [2.75, 3.05) is 32.3 Å². The molecule has 1 atom stereocenters. The van der Waals surface area contributed by atoms with Gasteiger partial charge in [-0.3, -0.25) is 4.79 Å². The lowest BCUT2D eigenvalue weighted by atomic mass is 10.2. The monoisotopic (exact) mass is 248 g/mol. The van der Waals surface area contributed by atoms with E-state index in [0.29, 0.717) is 0 Å². The molecule has 0 radical (unpaired) electrons. The number of hydrogen-bond donors (Lipinski definition) is 2. The van der Waals surface area contributed by atoms with Gasteiger partial charge in [0.15, 0.2) is 0 Å². The van der Waals surface area contributed by atoms with Crippen molar-refractivity contribution in [2.24, 2.45) is 5.73 Å². The fraction of sp³-hybridized carbons (Fsp3) is 0.909. The molecule has 0 heterocycles. The minimum Gasteiger partial charge on any atom is -0.385 e. The molecule has 0 saturated carbocycles. The molecule has 0 aliphatic heterocycles. The lowest BCUT2D eigenvalue weighted by Gasteiger charge is -2.11. The molecule has 1 amide bonds. The van der Waals surface area contributed by atoms with Crippen molar-refractivity contribution in [3.8, 4) is 0 Å². The Morgan fingerprint density at radius 2 is 2.19 bits per heavy atom. The van der Waals surface area contributed by atoms with Crippen LogP contribution in [0.3, 0.4) is 0 Å². The number of rotatable bonds is 10. The number of carbonyl (C=O) groups is 1. The molecular formula is C11H24N2O2S. The maximum Gasteiger partial charge on any atom is 0.236 e. The van der Waals surface area contributed by atoms with Crippen LogP contribution in [0.25, 0.3) is 0 Å². The average molecular weight is 248 g/mol. The van der Waals surface area contributed by atoms with E-state index in [1.165, 1.54) is 0 Å². The summed E-state index contributed by atoms with van der Waals surface area (Å²) in [6, 6.07) is -0.355. The molecule has 16 heavy (non-hydrogen) atoms. The van der Waals surface area contributed by atoms with Gasteiger partial charge in [-0.25, -0.2) is 0 Å². The van der Waals surface area contributed by atoms with Gasteiger partial charge in [-0.1, -0.05) is 0 Å². The predicted molar refractivity (Wildman–Crippen MR) is 69.7 cm³/mol. The molecule has 0 bridgehead atoms. The molecule has 0 spiro atoms. The highest BCUT2D eigenvalue weighted by atomic mass is 32.2. The van der Waals surface area contributed by atoms with Gasteiger partial charge in [-0.15, -0.1) is 0 Å². The van der Waals surface area contributed by atoms with Gasteiger partial charge in [0.05, 0.1) is 6.04 Å². The van der Waals surface area contributed by atoms with Gasteiger partial charge in [-0.05, 0) is 37.7 Å². The van der Waals surface area contributed by atoms with Gasteiger partial charge in [-0.2, -0.15) is 11.8 Å². The average Bonchev–Trinajstić information content (AvgIpc) is 2.30. The molecule has 0 aliphatic rings. The highest BCUT2D eigenvalue weighted by Gasteiger charge is 2.11. The van der Waals surface area contributed by atoms with Crippen molar-refractivity contribution >= 4 is 17.7 Å². The summed E-state index contributed by atoms with van der Waals surface area (Å²) in [4.78, 5) is 11.5. The van der Waals surface area contributed by atoms with Crippen LogP contribution in [0.2, 0.25) is 0 Å². The quantitative estimate of drug-likeness (QED) is 0.566. The molecule has 0 rings (SSSR count). The lowest BCUT2D eigenvalue weighted by Crippen LogP contribution is -2.41. The molecule has 0 saturated heterocycles. The number of ether oxygens (including phenoxy) is 1. The first-order valence-electron chi connectivity index (χ1n) is 5.73. The Kier molecular flexibility index (Phi) is 11.0. The largest absolute Gasteiger partial charge is 0.385 e. The summed E-state index contributed by atoms with van der Waals surface area (Å²) in [6.07, 6.45) is 5.88. The summed E-state index contributed by atoms with van der Waals surface area (Å²) in [6.45, 7) is 1.51. The summed E-state index contributed by atoms with van der Waals surface area (Å²) in [5.74, 6) is 0.906. The van der Waals surface area contributed by atoms with Crippen molar-refractivity contribution in [1.29, 1.82) is 0 Å². The Balaban J connectivity index is 3.35. The van der Waals surface area contributed by atoms with E-state index < -0.39 is 0 Å². The van der Waals surface area contributed by atoms with Crippen molar-refractivity contribution < 1.29 is 9.53 Å². The van der Waals surface area contributed by atoms with E-state index in [2.05, 4.69) is 5.32 Å². The first-order valence-corrected chi connectivity index (χ1v) is 7.13. The van der Waals surface area contributed by atoms with Crippen LogP contribution in [0.5, 0.6) is 0 Å². The van der Waals surface area contributed by atoms with E-state index in [4.69, 9.17) is 10.5 Å². The van der Waals surface area contributed by atoms with Crippen LogP contribution in [-0.2, 0) is 9.53 Å². The zero-order chi connectivity index (χ0) is 12.2. The Bertz CT molecular complexity index is 179. The minimum absolute atomic E-state index is 0.0270. The zero-order valence-electron chi connectivity index (χ0n) is 10.3. The SMILES string of the molecule is COCCCCCNC(=O)[C@@H](N)CCSC. The van der Waals surface area contributed by atoms with Crippen molar-refractivity contribution in [2.45, 2.75) is 31.7 Å². The number of nitrogens with two attached hydrogens (primary N) is 1. The van der Waals surface area contributed by atoms with Crippen LogP contribution in [0.4, 0.5) is 0 Å². The summed E-state index contributed by atoms with van der Waals surface area (Å²) in [7, 11) is 1.70. The van der Waals surface area contributed by atoms with E-state index in [9.17, 15) is 4.79 Å². The number of hydrogen-bond acceptors (Lipinski definition) is 4. The summed E-state index contributed by atoms with van der Waals surface area (Å²) < 4.78 is 4.94. The Morgan fingerprint density at radius 3 is 2.81 bits per heavy atom. The second kappa shape index (κ2) is 11.2. The molecule has 0 fully saturated rings. The van der Waals surface area contributed by atoms with Gasteiger partial charge < -0.3 is 15.8 Å². The van der Waals surface area contributed by atoms with Crippen LogP contribution in [0, 0.1) is 0 Å². The topological polar surface area (TPSA) is 64.3 Å². The first kappa shape index (κ1) is 15.7. The third-order valence-corrected chi connectivity index (χ3v) is 2.94. The van der Waals surface area contributed by atoms with Gasteiger partial charge in [0.2, 0.25) is 5.91 Å². The molecule has 0 aromatic carbocycles. The van der Waals surface area contributed by atoms with Gasteiger partial charge in [0.1, 0.15) is 0 Å².